The Morgan fingerprint density at radius 3 is 2.83 bits per heavy atom. The topological polar surface area (TPSA) is 53.1 Å². The lowest BCUT2D eigenvalue weighted by molar-refractivity contribution is 0.0320. The molecule has 4 nitrogen and oxygen atoms in total. The minimum Gasteiger partial charge on any atom is -0.381 e. The van der Waals surface area contributed by atoms with Crippen molar-refractivity contribution in [3.8, 4) is 0 Å². The molecular weight excluding hydrogens is 233 g/mol. The monoisotopic (exact) mass is 249 g/mol. The third-order valence-electron chi connectivity index (χ3n) is 3.77. The van der Waals surface area contributed by atoms with Gasteiger partial charge in [-0.2, -0.15) is 0 Å². The van der Waals surface area contributed by atoms with Gasteiger partial charge in [0.05, 0.1) is 5.52 Å². The maximum absolute atomic E-state index is 13.7. The summed E-state index contributed by atoms with van der Waals surface area (Å²) in [6.45, 7) is 3.52. The first-order valence-corrected chi connectivity index (χ1v) is 6.12. The van der Waals surface area contributed by atoms with E-state index in [2.05, 4.69) is 11.9 Å². The lowest BCUT2D eigenvalue weighted by atomic mass is 9.92. The van der Waals surface area contributed by atoms with Crippen molar-refractivity contribution in [2.24, 2.45) is 0 Å². The van der Waals surface area contributed by atoms with Gasteiger partial charge in [0.2, 0.25) is 5.95 Å². The number of hydrogen-bond donors (Lipinski definition) is 1. The number of nitrogen functional groups attached to an aromatic ring is 1. The van der Waals surface area contributed by atoms with Gasteiger partial charge < -0.3 is 15.0 Å². The summed E-state index contributed by atoms with van der Waals surface area (Å²) >= 11 is 0. The third kappa shape index (κ3) is 1.58. The number of benzene rings is 1. The predicted octanol–water partition coefficient (Wildman–Crippen LogP) is 2.28. The fourth-order valence-corrected chi connectivity index (χ4v) is 2.69. The first-order valence-electron chi connectivity index (χ1n) is 6.12. The van der Waals surface area contributed by atoms with E-state index in [1.54, 1.807) is 6.07 Å². The Labute approximate surface area is 105 Å². The highest BCUT2D eigenvalue weighted by Crippen LogP contribution is 2.35. The normalized spacial score (nSPS) is 19.2. The minimum atomic E-state index is -0.325. The van der Waals surface area contributed by atoms with Gasteiger partial charge in [0.1, 0.15) is 5.52 Å². The van der Waals surface area contributed by atoms with E-state index in [1.165, 1.54) is 6.07 Å². The van der Waals surface area contributed by atoms with Crippen LogP contribution < -0.4 is 5.73 Å². The molecule has 0 atom stereocenters. The molecule has 0 saturated carbocycles. The highest BCUT2D eigenvalue weighted by atomic mass is 19.1. The van der Waals surface area contributed by atoms with Crippen molar-refractivity contribution < 1.29 is 9.13 Å². The first kappa shape index (κ1) is 11.5. The van der Waals surface area contributed by atoms with Crippen LogP contribution in [0.25, 0.3) is 11.0 Å². The standard InChI is InChI=1S/C13H16FN3O/c1-13(5-7-18-8-6-13)17-10-4-2-3-9(14)11(10)16-12(17)15/h2-4H,5-8H2,1H3,(H2,15,16). The molecule has 1 aromatic carbocycles. The molecule has 0 aliphatic carbocycles. The molecule has 1 fully saturated rings. The van der Waals surface area contributed by atoms with E-state index in [1.807, 2.05) is 10.6 Å². The highest BCUT2D eigenvalue weighted by Gasteiger charge is 2.32. The Morgan fingerprint density at radius 1 is 1.39 bits per heavy atom. The summed E-state index contributed by atoms with van der Waals surface area (Å²) in [5.41, 5.74) is 6.95. The summed E-state index contributed by atoms with van der Waals surface area (Å²) in [6, 6.07) is 4.96. The first-order chi connectivity index (χ1) is 8.62. The van der Waals surface area contributed by atoms with Crippen molar-refractivity contribution >= 4 is 17.0 Å². The van der Waals surface area contributed by atoms with Crippen LogP contribution in [0.4, 0.5) is 10.3 Å². The number of para-hydroxylation sites is 1. The molecule has 1 aromatic heterocycles. The minimum absolute atomic E-state index is 0.148. The van der Waals surface area contributed by atoms with Crippen molar-refractivity contribution in [1.29, 1.82) is 0 Å². The molecule has 2 heterocycles. The van der Waals surface area contributed by atoms with Crippen LogP contribution in [-0.4, -0.2) is 22.8 Å². The number of aromatic nitrogens is 2. The summed E-state index contributed by atoms with van der Waals surface area (Å²) in [5.74, 6) is 0.0492. The molecule has 2 N–H and O–H groups in total. The molecule has 1 aliphatic rings. The van der Waals surface area contributed by atoms with E-state index in [0.717, 1.165) is 18.4 Å². The molecule has 0 radical (unpaired) electrons. The second kappa shape index (κ2) is 3.95. The molecule has 0 amide bonds. The summed E-state index contributed by atoms with van der Waals surface area (Å²) < 4.78 is 21.1. The Kier molecular flexibility index (Phi) is 2.52. The number of imidazole rings is 1. The van der Waals surface area contributed by atoms with Crippen molar-refractivity contribution in [2.45, 2.75) is 25.3 Å². The second-order valence-corrected chi connectivity index (χ2v) is 5.02. The summed E-state index contributed by atoms with van der Waals surface area (Å²) in [4.78, 5) is 4.16. The fourth-order valence-electron chi connectivity index (χ4n) is 2.69. The largest absolute Gasteiger partial charge is 0.381 e. The van der Waals surface area contributed by atoms with Crippen LogP contribution in [0.2, 0.25) is 0 Å². The number of ether oxygens (including phenoxy) is 1. The maximum Gasteiger partial charge on any atom is 0.201 e. The molecule has 96 valence electrons. The van der Waals surface area contributed by atoms with Gasteiger partial charge >= 0.3 is 0 Å². The van der Waals surface area contributed by atoms with Crippen molar-refractivity contribution in [1.82, 2.24) is 9.55 Å². The molecular formula is C13H16FN3O. The molecule has 0 bridgehead atoms. The number of rotatable bonds is 1. The van der Waals surface area contributed by atoms with Gasteiger partial charge in [0.25, 0.3) is 0 Å². The summed E-state index contributed by atoms with van der Waals surface area (Å²) in [7, 11) is 0. The maximum atomic E-state index is 13.7. The molecule has 1 saturated heterocycles. The van der Waals surface area contributed by atoms with E-state index >= 15 is 0 Å². The van der Waals surface area contributed by atoms with E-state index in [0.29, 0.717) is 24.7 Å². The molecule has 0 unspecified atom stereocenters. The van der Waals surface area contributed by atoms with Gasteiger partial charge in [-0.1, -0.05) is 6.07 Å². The van der Waals surface area contributed by atoms with E-state index in [-0.39, 0.29) is 11.4 Å². The Balaban J connectivity index is 2.22. The van der Waals surface area contributed by atoms with Gasteiger partial charge in [-0.15, -0.1) is 0 Å². The molecule has 0 spiro atoms. The van der Waals surface area contributed by atoms with Crippen LogP contribution in [0.5, 0.6) is 0 Å². The Morgan fingerprint density at radius 2 is 2.11 bits per heavy atom. The zero-order chi connectivity index (χ0) is 12.8. The van der Waals surface area contributed by atoms with Gasteiger partial charge in [-0.05, 0) is 31.9 Å². The number of hydrogen-bond acceptors (Lipinski definition) is 3. The van der Waals surface area contributed by atoms with Crippen LogP contribution in [-0.2, 0) is 10.3 Å². The number of halogens is 1. The fraction of sp³-hybridized carbons (Fsp3) is 0.462. The smallest absolute Gasteiger partial charge is 0.201 e. The summed E-state index contributed by atoms with van der Waals surface area (Å²) in [6.07, 6.45) is 1.72. The van der Waals surface area contributed by atoms with E-state index in [4.69, 9.17) is 10.5 Å². The number of nitrogens with two attached hydrogens (primary N) is 1. The summed E-state index contributed by atoms with van der Waals surface area (Å²) in [5, 5.41) is 0. The molecule has 1 aliphatic heterocycles. The SMILES string of the molecule is CC1(n2c(N)nc3c(F)cccc32)CCOCC1. The van der Waals surface area contributed by atoms with E-state index in [9.17, 15) is 4.39 Å². The highest BCUT2D eigenvalue weighted by molar-refractivity contribution is 5.79. The molecule has 2 aromatic rings. The quantitative estimate of drug-likeness (QED) is 0.843. The molecule has 18 heavy (non-hydrogen) atoms. The second-order valence-electron chi connectivity index (χ2n) is 5.02. The zero-order valence-electron chi connectivity index (χ0n) is 10.3. The van der Waals surface area contributed by atoms with Crippen molar-refractivity contribution in [3.63, 3.8) is 0 Å². The van der Waals surface area contributed by atoms with Crippen molar-refractivity contribution in [2.75, 3.05) is 18.9 Å². The molecule has 3 rings (SSSR count). The van der Waals surface area contributed by atoms with Gasteiger partial charge in [0.15, 0.2) is 5.82 Å². The molecule has 5 heteroatoms. The Hall–Kier alpha value is -1.62. The van der Waals surface area contributed by atoms with Gasteiger partial charge in [-0.25, -0.2) is 9.37 Å². The number of anilines is 1. The van der Waals surface area contributed by atoms with Crippen LogP contribution in [0, 0.1) is 5.82 Å². The number of nitrogens with zero attached hydrogens (tertiary/aromatic N) is 2. The number of fused-ring (bicyclic) bond motifs is 1. The third-order valence-corrected chi connectivity index (χ3v) is 3.77. The lowest BCUT2D eigenvalue weighted by Crippen LogP contribution is -2.37. The van der Waals surface area contributed by atoms with E-state index < -0.39 is 0 Å². The van der Waals surface area contributed by atoms with Crippen LogP contribution in [0.15, 0.2) is 18.2 Å². The average Bonchev–Trinajstić information content (AvgIpc) is 2.68. The van der Waals surface area contributed by atoms with Crippen LogP contribution in [0.1, 0.15) is 19.8 Å². The Bertz CT molecular complexity index is 587. The van der Waals surface area contributed by atoms with Gasteiger partial charge in [0, 0.05) is 18.8 Å². The van der Waals surface area contributed by atoms with Gasteiger partial charge in [-0.3, -0.25) is 0 Å². The average molecular weight is 249 g/mol. The zero-order valence-corrected chi connectivity index (χ0v) is 10.3. The van der Waals surface area contributed by atoms with Crippen molar-refractivity contribution in [3.05, 3.63) is 24.0 Å². The predicted molar refractivity (Wildman–Crippen MR) is 67.8 cm³/mol. The lowest BCUT2D eigenvalue weighted by Gasteiger charge is -2.36. The van der Waals surface area contributed by atoms with Crippen LogP contribution in [0.3, 0.4) is 0 Å². The van der Waals surface area contributed by atoms with Crippen LogP contribution >= 0.6 is 0 Å².